The Balaban J connectivity index is 1.73. The zero-order chi connectivity index (χ0) is 20.8. The number of nitrogens with two attached hydrogens (primary N) is 1. The van der Waals surface area contributed by atoms with E-state index in [0.29, 0.717) is 30.0 Å². The van der Waals surface area contributed by atoms with Crippen molar-refractivity contribution in [2.75, 3.05) is 13.1 Å². The van der Waals surface area contributed by atoms with Crippen molar-refractivity contribution < 1.29 is 24.2 Å². The van der Waals surface area contributed by atoms with Crippen LogP contribution in [0.15, 0.2) is 54.6 Å². The molecule has 2 aromatic rings. The van der Waals surface area contributed by atoms with E-state index in [4.69, 9.17) is 15.6 Å². The number of carboxylic acid groups (broad SMARTS) is 1. The van der Waals surface area contributed by atoms with Gasteiger partial charge in [-0.25, -0.2) is 4.79 Å². The molecule has 0 unspecified atom stereocenters. The van der Waals surface area contributed by atoms with Crippen molar-refractivity contribution in [1.29, 1.82) is 0 Å². The molecule has 0 aromatic heterocycles. The summed E-state index contributed by atoms with van der Waals surface area (Å²) in [7, 11) is 0. The lowest BCUT2D eigenvalue weighted by atomic mass is 10.0. The Labute approximate surface area is 168 Å². The van der Waals surface area contributed by atoms with E-state index in [2.05, 4.69) is 5.32 Å². The van der Waals surface area contributed by atoms with Crippen LogP contribution in [0.5, 0.6) is 11.5 Å². The molecule has 2 atom stereocenters. The van der Waals surface area contributed by atoms with Gasteiger partial charge in [0.25, 0.3) is 0 Å². The van der Waals surface area contributed by atoms with Gasteiger partial charge in [-0.2, -0.15) is 0 Å². The number of para-hydroxylation sites is 1. The fourth-order valence-corrected chi connectivity index (χ4v) is 3.34. The molecule has 1 fully saturated rings. The number of nitrogens with one attached hydrogen (secondary N) is 1. The lowest BCUT2D eigenvalue weighted by Gasteiger charge is -2.22. The third kappa shape index (κ3) is 5.47. The standard InChI is InChI=1S/C21H23N3O5/c22-21(28)23-18(12-19(25)24-10-9-15(13-24)20(26)27)14-5-4-8-17(11-14)29-16-6-2-1-3-7-16/h1-8,11,15,18H,9-10,12-13H2,(H,26,27)(H3,22,23,28)/t15-,18-/m0/s1. The van der Waals surface area contributed by atoms with Gasteiger partial charge < -0.3 is 25.8 Å². The van der Waals surface area contributed by atoms with E-state index < -0.39 is 24.0 Å². The zero-order valence-corrected chi connectivity index (χ0v) is 15.8. The van der Waals surface area contributed by atoms with Gasteiger partial charge in [0.2, 0.25) is 5.91 Å². The Hall–Kier alpha value is -3.55. The van der Waals surface area contributed by atoms with E-state index in [0.717, 1.165) is 0 Å². The molecule has 152 valence electrons. The Bertz CT molecular complexity index is 887. The van der Waals surface area contributed by atoms with Crippen LogP contribution in [0, 0.1) is 5.92 Å². The fraction of sp³-hybridized carbons (Fsp3) is 0.286. The summed E-state index contributed by atoms with van der Waals surface area (Å²) >= 11 is 0. The quantitative estimate of drug-likeness (QED) is 0.663. The molecule has 0 aliphatic carbocycles. The molecule has 2 aromatic carbocycles. The summed E-state index contributed by atoms with van der Waals surface area (Å²) in [4.78, 5) is 36.8. The average molecular weight is 397 g/mol. The third-order valence-corrected chi connectivity index (χ3v) is 4.82. The molecule has 1 heterocycles. The van der Waals surface area contributed by atoms with Crippen LogP contribution in [0.2, 0.25) is 0 Å². The molecule has 1 saturated heterocycles. The molecule has 3 amide bonds. The predicted octanol–water partition coefficient (Wildman–Crippen LogP) is 2.51. The second-order valence-electron chi connectivity index (χ2n) is 6.92. The first-order valence-corrected chi connectivity index (χ1v) is 9.32. The third-order valence-electron chi connectivity index (χ3n) is 4.82. The smallest absolute Gasteiger partial charge is 0.312 e. The number of hydrogen-bond acceptors (Lipinski definition) is 4. The number of ether oxygens (including phenoxy) is 1. The van der Waals surface area contributed by atoms with Crippen LogP contribution < -0.4 is 15.8 Å². The molecule has 8 nitrogen and oxygen atoms in total. The van der Waals surface area contributed by atoms with Crippen LogP contribution in [0.3, 0.4) is 0 Å². The Morgan fingerprint density at radius 3 is 2.52 bits per heavy atom. The van der Waals surface area contributed by atoms with Gasteiger partial charge in [0.1, 0.15) is 11.5 Å². The van der Waals surface area contributed by atoms with Crippen LogP contribution in [0.1, 0.15) is 24.4 Å². The van der Waals surface area contributed by atoms with Gasteiger partial charge in [0, 0.05) is 13.1 Å². The number of nitrogens with zero attached hydrogens (tertiary/aromatic N) is 1. The van der Waals surface area contributed by atoms with Gasteiger partial charge in [-0.3, -0.25) is 9.59 Å². The maximum absolute atomic E-state index is 12.7. The van der Waals surface area contributed by atoms with E-state index in [9.17, 15) is 14.4 Å². The Morgan fingerprint density at radius 1 is 1.14 bits per heavy atom. The highest BCUT2D eigenvalue weighted by atomic mass is 16.5. The number of hydrogen-bond donors (Lipinski definition) is 3. The zero-order valence-electron chi connectivity index (χ0n) is 15.8. The first-order valence-electron chi connectivity index (χ1n) is 9.32. The average Bonchev–Trinajstić information content (AvgIpc) is 3.19. The minimum atomic E-state index is -0.905. The largest absolute Gasteiger partial charge is 0.481 e. The summed E-state index contributed by atoms with van der Waals surface area (Å²) < 4.78 is 5.81. The van der Waals surface area contributed by atoms with Gasteiger partial charge in [-0.1, -0.05) is 30.3 Å². The van der Waals surface area contributed by atoms with Gasteiger partial charge in [-0.05, 0) is 36.2 Å². The molecule has 29 heavy (non-hydrogen) atoms. The van der Waals surface area contributed by atoms with Crippen LogP contribution in [-0.2, 0) is 9.59 Å². The Kier molecular flexibility index (Phi) is 6.33. The molecule has 1 aliphatic heterocycles. The number of benzene rings is 2. The number of likely N-dealkylation sites (tertiary alicyclic amines) is 1. The summed E-state index contributed by atoms with van der Waals surface area (Å²) in [5.41, 5.74) is 5.97. The normalized spacial score (nSPS) is 16.8. The van der Waals surface area contributed by atoms with Crippen LogP contribution in [-0.4, -0.2) is 41.0 Å². The second kappa shape index (κ2) is 9.09. The topological polar surface area (TPSA) is 122 Å². The predicted molar refractivity (Wildman–Crippen MR) is 105 cm³/mol. The number of urea groups is 1. The van der Waals surface area contributed by atoms with Crippen LogP contribution in [0.25, 0.3) is 0 Å². The molecular weight excluding hydrogens is 374 g/mol. The number of rotatable bonds is 7. The van der Waals surface area contributed by atoms with Crippen LogP contribution in [0.4, 0.5) is 4.79 Å². The summed E-state index contributed by atoms with van der Waals surface area (Å²) in [5.74, 6) is -0.467. The van der Waals surface area contributed by atoms with Crippen molar-refractivity contribution in [3.8, 4) is 11.5 Å². The second-order valence-corrected chi connectivity index (χ2v) is 6.92. The number of carbonyl (C=O) groups excluding carboxylic acids is 2. The van der Waals surface area contributed by atoms with Crippen molar-refractivity contribution in [1.82, 2.24) is 10.2 Å². The molecule has 1 aliphatic rings. The molecule has 8 heteroatoms. The minimum absolute atomic E-state index is 0.0237. The maximum atomic E-state index is 12.7. The molecule has 0 bridgehead atoms. The van der Waals surface area contributed by atoms with Gasteiger partial charge >= 0.3 is 12.0 Å². The Morgan fingerprint density at radius 2 is 1.86 bits per heavy atom. The molecule has 0 radical (unpaired) electrons. The SMILES string of the molecule is NC(=O)N[C@@H](CC(=O)N1CC[C@H](C(=O)O)C1)c1cccc(Oc2ccccc2)c1. The lowest BCUT2D eigenvalue weighted by molar-refractivity contribution is -0.141. The van der Waals surface area contributed by atoms with Crippen molar-refractivity contribution in [2.24, 2.45) is 11.7 Å². The first-order chi connectivity index (χ1) is 13.9. The van der Waals surface area contributed by atoms with E-state index in [1.807, 2.05) is 30.3 Å². The minimum Gasteiger partial charge on any atom is -0.481 e. The van der Waals surface area contributed by atoms with Gasteiger partial charge in [-0.15, -0.1) is 0 Å². The number of carbonyl (C=O) groups is 3. The molecule has 0 saturated carbocycles. The van der Waals surface area contributed by atoms with E-state index in [1.54, 1.807) is 24.3 Å². The number of amides is 3. The monoisotopic (exact) mass is 397 g/mol. The summed E-state index contributed by atoms with van der Waals surface area (Å²) in [5, 5.41) is 11.7. The van der Waals surface area contributed by atoms with E-state index in [-0.39, 0.29) is 18.9 Å². The molecular formula is C21H23N3O5. The maximum Gasteiger partial charge on any atom is 0.312 e. The summed E-state index contributed by atoms with van der Waals surface area (Å²) in [6, 6.07) is 14.9. The lowest BCUT2D eigenvalue weighted by Crippen LogP contribution is -2.38. The number of carboxylic acids is 1. The highest BCUT2D eigenvalue weighted by Crippen LogP contribution is 2.27. The number of aliphatic carboxylic acids is 1. The molecule has 3 rings (SSSR count). The van der Waals surface area contributed by atoms with Crippen molar-refractivity contribution >= 4 is 17.9 Å². The number of primary amides is 1. The van der Waals surface area contributed by atoms with Crippen molar-refractivity contribution in [3.05, 3.63) is 60.2 Å². The van der Waals surface area contributed by atoms with E-state index in [1.165, 1.54) is 4.90 Å². The van der Waals surface area contributed by atoms with Crippen molar-refractivity contribution in [2.45, 2.75) is 18.9 Å². The highest BCUT2D eigenvalue weighted by Gasteiger charge is 2.32. The van der Waals surface area contributed by atoms with Crippen LogP contribution >= 0.6 is 0 Å². The van der Waals surface area contributed by atoms with Gasteiger partial charge in [0.15, 0.2) is 0 Å². The van der Waals surface area contributed by atoms with Crippen molar-refractivity contribution in [3.63, 3.8) is 0 Å². The summed E-state index contributed by atoms with van der Waals surface area (Å²) in [6.45, 7) is 0.560. The first kappa shape index (κ1) is 20.2. The van der Waals surface area contributed by atoms with Gasteiger partial charge in [0.05, 0.1) is 18.4 Å². The summed E-state index contributed by atoms with van der Waals surface area (Å²) in [6.07, 6.45) is 0.402. The van der Waals surface area contributed by atoms with E-state index >= 15 is 0 Å². The highest BCUT2D eigenvalue weighted by molar-refractivity contribution is 5.80. The molecule has 4 N–H and O–H groups in total. The molecule has 0 spiro atoms. The fourth-order valence-electron chi connectivity index (χ4n) is 3.34.